The van der Waals surface area contributed by atoms with Crippen molar-refractivity contribution in [3.63, 3.8) is 0 Å². The number of carbonyl (C=O) groups excluding carboxylic acids is 1. The molecule has 1 aromatic carbocycles. The van der Waals surface area contributed by atoms with Crippen LogP contribution in [0.15, 0.2) is 39.5 Å². The van der Waals surface area contributed by atoms with Crippen molar-refractivity contribution >= 4 is 57.0 Å². The minimum Gasteiger partial charge on any atom is -0.283 e. The van der Waals surface area contributed by atoms with Crippen LogP contribution in [-0.2, 0) is 4.79 Å². The molecule has 0 N–H and O–H groups in total. The smallest absolute Gasteiger partial charge is 0.267 e. The number of hydrogen-bond donors (Lipinski definition) is 0. The number of hydrogen-bond acceptors (Lipinski definition) is 5. The van der Waals surface area contributed by atoms with E-state index < -0.39 is 0 Å². The first-order chi connectivity index (χ1) is 13.1. The predicted octanol–water partition coefficient (Wildman–Crippen LogP) is 6.04. The average Bonchev–Trinajstić information content (AvgIpc) is 3.19. The van der Waals surface area contributed by atoms with Crippen LogP contribution in [0.3, 0.4) is 0 Å². The lowest BCUT2D eigenvalue weighted by atomic mass is 9.94. The molecule has 0 unspecified atom stereocenters. The number of thiazole rings is 1. The van der Waals surface area contributed by atoms with Crippen molar-refractivity contribution < 1.29 is 4.79 Å². The molecule has 1 aliphatic heterocycles. The van der Waals surface area contributed by atoms with Crippen LogP contribution in [-0.4, -0.2) is 27.0 Å². The first-order valence-electron chi connectivity index (χ1n) is 9.09. The van der Waals surface area contributed by atoms with Crippen LogP contribution in [0.2, 0.25) is 5.02 Å². The Morgan fingerprint density at radius 1 is 1.30 bits per heavy atom. The maximum atomic E-state index is 13.2. The predicted molar refractivity (Wildman–Crippen MR) is 115 cm³/mol. The quantitative estimate of drug-likeness (QED) is 0.571. The minimum atomic E-state index is 0.0407. The molecule has 2 aromatic rings. The summed E-state index contributed by atoms with van der Waals surface area (Å²) in [7, 11) is 0. The van der Waals surface area contributed by atoms with E-state index in [4.69, 9.17) is 16.6 Å². The second kappa shape index (κ2) is 8.17. The summed E-state index contributed by atoms with van der Waals surface area (Å²) in [4.78, 5) is 25.0. The van der Waals surface area contributed by atoms with Gasteiger partial charge in [0.1, 0.15) is 0 Å². The first kappa shape index (κ1) is 18.7. The molecule has 0 radical (unpaired) electrons. The van der Waals surface area contributed by atoms with Gasteiger partial charge in [0.05, 0.1) is 10.6 Å². The molecule has 0 bridgehead atoms. The molecule has 1 aromatic heterocycles. The van der Waals surface area contributed by atoms with Crippen molar-refractivity contribution in [2.24, 2.45) is 4.99 Å². The normalized spacial score (nSPS) is 21.6. The highest BCUT2D eigenvalue weighted by Crippen LogP contribution is 2.39. The number of aliphatic imine (C=N–C) groups is 1. The Morgan fingerprint density at radius 3 is 2.81 bits per heavy atom. The number of amides is 1. The van der Waals surface area contributed by atoms with Gasteiger partial charge in [0.15, 0.2) is 5.17 Å². The highest BCUT2D eigenvalue weighted by molar-refractivity contribution is 8.18. The number of nitrogens with zero attached hydrogens (tertiary/aromatic N) is 3. The zero-order chi connectivity index (χ0) is 18.8. The van der Waals surface area contributed by atoms with Gasteiger partial charge in [-0.1, -0.05) is 43.0 Å². The molecule has 2 aliphatic rings. The fourth-order valence-corrected chi connectivity index (χ4v) is 5.41. The Kier molecular flexibility index (Phi) is 5.66. The van der Waals surface area contributed by atoms with Crippen molar-refractivity contribution in [2.75, 3.05) is 0 Å². The van der Waals surface area contributed by atoms with Crippen molar-refractivity contribution in [1.29, 1.82) is 0 Å². The molecule has 4 nitrogen and oxygen atoms in total. The Bertz CT molecular complexity index is 915. The largest absolute Gasteiger partial charge is 0.283 e. The lowest BCUT2D eigenvalue weighted by Crippen LogP contribution is -2.40. The number of rotatable bonds is 3. The topological polar surface area (TPSA) is 45.6 Å². The first-order valence-corrected chi connectivity index (χ1v) is 11.2. The van der Waals surface area contributed by atoms with Crippen molar-refractivity contribution in [3.8, 4) is 0 Å². The third-order valence-corrected chi connectivity index (χ3v) is 6.79. The third kappa shape index (κ3) is 4.28. The Labute approximate surface area is 172 Å². The second-order valence-corrected chi connectivity index (χ2v) is 9.08. The maximum absolute atomic E-state index is 13.2. The molecule has 1 saturated carbocycles. The van der Waals surface area contributed by atoms with E-state index in [2.05, 4.69) is 4.98 Å². The number of benzene rings is 1. The third-order valence-electron chi connectivity index (χ3n) is 4.72. The fraction of sp³-hybridized carbons (Fsp3) is 0.350. The number of aryl methyl sites for hydroxylation is 1. The highest BCUT2D eigenvalue weighted by Gasteiger charge is 2.38. The van der Waals surface area contributed by atoms with Crippen LogP contribution in [0.1, 0.15) is 43.4 Å². The summed E-state index contributed by atoms with van der Waals surface area (Å²) in [6.45, 7) is 1.95. The maximum Gasteiger partial charge on any atom is 0.267 e. The Hall–Kier alpha value is -1.63. The summed E-state index contributed by atoms with van der Waals surface area (Å²) in [5.41, 5.74) is 1.88. The molecule has 7 heteroatoms. The summed E-state index contributed by atoms with van der Waals surface area (Å²) in [5, 5.41) is 4.09. The molecular weight excluding hydrogens is 398 g/mol. The van der Waals surface area contributed by atoms with Crippen LogP contribution in [0.4, 0.5) is 5.13 Å². The van der Waals surface area contributed by atoms with Crippen LogP contribution in [0.5, 0.6) is 0 Å². The van der Waals surface area contributed by atoms with Gasteiger partial charge >= 0.3 is 0 Å². The van der Waals surface area contributed by atoms with E-state index in [0.29, 0.717) is 15.1 Å². The SMILES string of the molecule is Cc1csc(/N=C2/S/C(=C\c3cccc(Cl)c3)C(=O)N2C2CCCCC2)n1. The number of carbonyl (C=O) groups is 1. The van der Waals surface area contributed by atoms with E-state index in [1.165, 1.54) is 29.5 Å². The van der Waals surface area contributed by atoms with Crippen molar-refractivity contribution in [3.05, 3.63) is 50.8 Å². The van der Waals surface area contributed by atoms with Gasteiger partial charge in [-0.05, 0) is 55.3 Å². The summed E-state index contributed by atoms with van der Waals surface area (Å²) in [5.74, 6) is 0.0407. The number of thioether (sulfide) groups is 1. The van der Waals surface area contributed by atoms with E-state index in [-0.39, 0.29) is 11.9 Å². The van der Waals surface area contributed by atoms with Crippen molar-refractivity contribution in [1.82, 2.24) is 9.88 Å². The monoisotopic (exact) mass is 417 g/mol. The molecule has 140 valence electrons. The van der Waals surface area contributed by atoms with Gasteiger partial charge in [-0.25, -0.2) is 4.98 Å². The van der Waals surface area contributed by atoms with Gasteiger partial charge in [0, 0.05) is 16.4 Å². The molecule has 2 heterocycles. The molecule has 27 heavy (non-hydrogen) atoms. The minimum absolute atomic E-state index is 0.0407. The molecule has 0 spiro atoms. The zero-order valence-corrected chi connectivity index (χ0v) is 17.4. The van der Waals surface area contributed by atoms with E-state index in [1.807, 2.05) is 47.5 Å². The van der Waals surface area contributed by atoms with Crippen LogP contribution in [0, 0.1) is 6.92 Å². The molecule has 0 atom stereocenters. The summed E-state index contributed by atoms with van der Waals surface area (Å²) in [6.07, 6.45) is 7.55. The second-order valence-electron chi connectivity index (χ2n) is 6.80. The fourth-order valence-electron chi connectivity index (χ4n) is 3.45. The summed E-state index contributed by atoms with van der Waals surface area (Å²) >= 11 is 9.04. The van der Waals surface area contributed by atoms with Gasteiger partial charge in [-0.2, -0.15) is 4.99 Å². The van der Waals surface area contributed by atoms with Gasteiger partial charge in [-0.3, -0.25) is 9.69 Å². The number of amidine groups is 1. The number of halogens is 1. The van der Waals surface area contributed by atoms with Gasteiger partial charge in [0.2, 0.25) is 5.13 Å². The van der Waals surface area contributed by atoms with E-state index in [0.717, 1.165) is 42.1 Å². The standard InChI is InChI=1S/C20H20ClN3OS2/c1-13-12-26-19(22-13)23-20-24(16-8-3-2-4-9-16)18(25)17(27-20)11-14-6-5-7-15(21)10-14/h5-7,10-12,16H,2-4,8-9H2,1H3/b17-11-,23-20+. The highest BCUT2D eigenvalue weighted by atomic mass is 35.5. The average molecular weight is 418 g/mol. The lowest BCUT2D eigenvalue weighted by Gasteiger charge is -2.30. The molecule has 1 saturated heterocycles. The van der Waals surface area contributed by atoms with Gasteiger partial charge in [-0.15, -0.1) is 11.3 Å². The molecule has 1 amide bonds. The summed E-state index contributed by atoms with van der Waals surface area (Å²) < 4.78 is 0. The van der Waals surface area contributed by atoms with E-state index >= 15 is 0 Å². The molecular formula is C20H20ClN3OS2. The van der Waals surface area contributed by atoms with Crippen LogP contribution < -0.4 is 0 Å². The Balaban J connectivity index is 1.69. The number of aromatic nitrogens is 1. The summed E-state index contributed by atoms with van der Waals surface area (Å²) in [6, 6.07) is 7.78. The van der Waals surface area contributed by atoms with Crippen LogP contribution >= 0.6 is 34.7 Å². The molecule has 1 aliphatic carbocycles. The Morgan fingerprint density at radius 2 is 2.11 bits per heavy atom. The van der Waals surface area contributed by atoms with E-state index in [9.17, 15) is 4.79 Å². The molecule has 4 rings (SSSR count). The van der Waals surface area contributed by atoms with Gasteiger partial charge < -0.3 is 0 Å². The lowest BCUT2D eigenvalue weighted by molar-refractivity contribution is -0.124. The molecule has 2 fully saturated rings. The van der Waals surface area contributed by atoms with Crippen LogP contribution in [0.25, 0.3) is 6.08 Å². The van der Waals surface area contributed by atoms with Crippen molar-refractivity contribution in [2.45, 2.75) is 45.1 Å². The van der Waals surface area contributed by atoms with Gasteiger partial charge in [0.25, 0.3) is 5.91 Å². The van der Waals surface area contributed by atoms with E-state index in [1.54, 1.807) is 0 Å². The zero-order valence-electron chi connectivity index (χ0n) is 15.0.